The van der Waals surface area contributed by atoms with Gasteiger partial charge >= 0.3 is 6.03 Å². The van der Waals surface area contributed by atoms with E-state index in [1.807, 2.05) is 49.3 Å². The van der Waals surface area contributed by atoms with Crippen molar-refractivity contribution in [2.24, 2.45) is 0 Å². The number of ether oxygens (including phenoxy) is 3. The lowest BCUT2D eigenvalue weighted by molar-refractivity contribution is -0.127. The van der Waals surface area contributed by atoms with E-state index < -0.39 is 0 Å². The van der Waals surface area contributed by atoms with Gasteiger partial charge in [0.25, 0.3) is 0 Å². The zero-order chi connectivity index (χ0) is 33.0. The standard InChI is InChI=1S/C32H37Cl2N7O5/c1-38(2)13-7-10-26(42)39-14-11-22(12-15-39)41-30-20(18-35-31(37-30)36-21-8-6-9-23(16-21)44-3)19-40(32(41)43)29-27(33)24(45-4)17-25(46-5)28(29)34/h6-10,16-18,22H,11-15,19H2,1-5H3,(H,35,36,37). The predicted octanol–water partition coefficient (Wildman–Crippen LogP) is 5.61. The molecule has 0 unspecified atom stereocenters. The number of methoxy groups -OCH3 is 3. The lowest BCUT2D eigenvalue weighted by Gasteiger charge is -2.43. The van der Waals surface area contributed by atoms with Crippen molar-refractivity contribution in [1.82, 2.24) is 19.8 Å². The molecule has 0 aliphatic carbocycles. The van der Waals surface area contributed by atoms with Gasteiger partial charge < -0.3 is 29.3 Å². The number of hydrogen-bond donors (Lipinski definition) is 1. The zero-order valence-corrected chi connectivity index (χ0v) is 27.9. The van der Waals surface area contributed by atoms with Crippen molar-refractivity contribution >= 4 is 58.3 Å². The molecule has 2 aliphatic heterocycles. The first-order valence-electron chi connectivity index (χ1n) is 14.7. The van der Waals surface area contributed by atoms with Crippen LogP contribution in [0.2, 0.25) is 10.0 Å². The number of carbonyl (C=O) groups is 2. The molecule has 244 valence electrons. The topological polar surface area (TPSA) is 113 Å². The summed E-state index contributed by atoms with van der Waals surface area (Å²) in [6.45, 7) is 1.73. The monoisotopic (exact) mass is 669 g/mol. The molecule has 5 rings (SSSR count). The number of likely N-dealkylation sites (tertiary alicyclic amines) is 1. The van der Waals surface area contributed by atoms with Gasteiger partial charge in [0, 0.05) is 61.3 Å². The first-order chi connectivity index (χ1) is 22.1. The third-order valence-corrected chi connectivity index (χ3v) is 8.58. The summed E-state index contributed by atoms with van der Waals surface area (Å²) in [7, 11) is 8.44. The first-order valence-corrected chi connectivity index (χ1v) is 15.5. The van der Waals surface area contributed by atoms with E-state index in [0.717, 1.165) is 5.69 Å². The minimum atomic E-state index is -0.367. The van der Waals surface area contributed by atoms with Gasteiger partial charge in [-0.25, -0.2) is 9.78 Å². The van der Waals surface area contributed by atoms with Crippen LogP contribution in [0.1, 0.15) is 18.4 Å². The van der Waals surface area contributed by atoms with Crippen LogP contribution < -0.4 is 29.3 Å². The van der Waals surface area contributed by atoms with Crippen molar-refractivity contribution in [1.29, 1.82) is 0 Å². The maximum Gasteiger partial charge on any atom is 0.330 e. The van der Waals surface area contributed by atoms with E-state index in [1.165, 1.54) is 19.1 Å². The highest BCUT2D eigenvalue weighted by Gasteiger charge is 2.41. The molecule has 3 amide bonds. The van der Waals surface area contributed by atoms with Gasteiger partial charge in [-0.05, 0) is 39.1 Å². The van der Waals surface area contributed by atoms with E-state index in [2.05, 4.69) is 10.3 Å². The Morgan fingerprint density at radius 2 is 1.76 bits per heavy atom. The van der Waals surface area contributed by atoms with E-state index in [1.54, 1.807) is 35.2 Å². The number of amides is 3. The number of rotatable bonds is 10. The maximum absolute atomic E-state index is 14.5. The molecule has 46 heavy (non-hydrogen) atoms. The van der Waals surface area contributed by atoms with Crippen molar-refractivity contribution in [3.8, 4) is 17.2 Å². The Labute approximate surface area is 278 Å². The second-order valence-electron chi connectivity index (χ2n) is 11.1. The molecule has 1 saturated heterocycles. The summed E-state index contributed by atoms with van der Waals surface area (Å²) >= 11 is 13.6. The van der Waals surface area contributed by atoms with Gasteiger partial charge in [-0.3, -0.25) is 14.6 Å². The first kappa shape index (κ1) is 33.1. The van der Waals surface area contributed by atoms with Crippen LogP contribution in [0.5, 0.6) is 17.2 Å². The van der Waals surface area contributed by atoms with Crippen LogP contribution in [0.25, 0.3) is 0 Å². The Morgan fingerprint density at radius 3 is 2.39 bits per heavy atom. The number of halogens is 2. The SMILES string of the molecule is COc1cccc(Nc2ncc3c(n2)N(C2CCN(C(=O)C=CCN(C)C)CC2)C(=O)N(c2c(Cl)c(OC)cc(OC)c2Cl)C3)c1. The van der Waals surface area contributed by atoms with Gasteiger partial charge in [0.05, 0.1) is 33.6 Å². The van der Waals surface area contributed by atoms with Gasteiger partial charge in [-0.2, -0.15) is 4.98 Å². The van der Waals surface area contributed by atoms with E-state index in [4.69, 9.17) is 42.4 Å². The van der Waals surface area contributed by atoms with Gasteiger partial charge in [0.2, 0.25) is 11.9 Å². The van der Waals surface area contributed by atoms with Crippen LogP contribution in [0, 0.1) is 0 Å². The third-order valence-electron chi connectivity index (χ3n) is 7.85. The predicted molar refractivity (Wildman–Crippen MR) is 179 cm³/mol. The lowest BCUT2D eigenvalue weighted by atomic mass is 10.0. The smallest absolute Gasteiger partial charge is 0.330 e. The number of nitrogens with zero attached hydrogens (tertiary/aromatic N) is 6. The lowest BCUT2D eigenvalue weighted by Crippen LogP contribution is -2.55. The summed E-state index contributed by atoms with van der Waals surface area (Å²) in [6.07, 6.45) is 6.22. The van der Waals surface area contributed by atoms with Crippen LogP contribution in [-0.4, -0.2) is 92.8 Å². The minimum absolute atomic E-state index is 0.0542. The molecule has 12 nitrogen and oxygen atoms in total. The highest BCUT2D eigenvalue weighted by Crippen LogP contribution is 2.48. The Balaban J connectivity index is 1.50. The minimum Gasteiger partial charge on any atom is -0.497 e. The number of anilines is 4. The quantitative estimate of drug-likeness (QED) is 0.275. The molecule has 2 aromatic carbocycles. The van der Waals surface area contributed by atoms with Crippen LogP contribution in [0.4, 0.5) is 27.9 Å². The molecule has 3 heterocycles. The number of carbonyl (C=O) groups excluding carboxylic acids is 2. The van der Waals surface area contributed by atoms with Gasteiger partial charge in [-0.15, -0.1) is 0 Å². The Morgan fingerprint density at radius 1 is 1.07 bits per heavy atom. The maximum atomic E-state index is 14.5. The molecule has 1 aromatic heterocycles. The summed E-state index contributed by atoms with van der Waals surface area (Å²) in [6, 6.07) is 8.33. The molecule has 0 spiro atoms. The summed E-state index contributed by atoms with van der Waals surface area (Å²) in [5, 5.41) is 3.56. The van der Waals surface area contributed by atoms with Gasteiger partial charge in [0.1, 0.15) is 33.1 Å². The fourth-order valence-corrected chi connectivity index (χ4v) is 6.20. The fourth-order valence-electron chi connectivity index (χ4n) is 5.49. The molecule has 0 bridgehead atoms. The van der Waals surface area contributed by atoms with Crippen molar-refractivity contribution in [2.45, 2.75) is 25.4 Å². The molecule has 0 radical (unpaired) electrons. The summed E-state index contributed by atoms with van der Waals surface area (Å²) in [5.41, 5.74) is 1.68. The number of fused-ring (bicyclic) bond motifs is 1. The van der Waals surface area contributed by atoms with Crippen LogP contribution in [-0.2, 0) is 11.3 Å². The zero-order valence-electron chi connectivity index (χ0n) is 26.4. The van der Waals surface area contributed by atoms with E-state index in [-0.39, 0.29) is 40.3 Å². The molecule has 1 fully saturated rings. The normalized spacial score (nSPS) is 15.4. The Bertz CT molecular complexity index is 1600. The Hall–Kier alpha value is -4.26. The van der Waals surface area contributed by atoms with E-state index >= 15 is 0 Å². The number of piperidine rings is 1. The number of likely N-dealkylation sites (N-methyl/N-ethyl adjacent to an activating group) is 1. The average molecular weight is 671 g/mol. The summed E-state index contributed by atoms with van der Waals surface area (Å²) in [4.78, 5) is 43.7. The number of urea groups is 1. The van der Waals surface area contributed by atoms with Crippen molar-refractivity contribution in [3.05, 3.63) is 64.3 Å². The largest absolute Gasteiger partial charge is 0.497 e. The van der Waals surface area contributed by atoms with Gasteiger partial charge in [0.15, 0.2) is 0 Å². The molecule has 14 heteroatoms. The molecule has 2 aliphatic rings. The second-order valence-corrected chi connectivity index (χ2v) is 11.9. The van der Waals surface area contributed by atoms with Crippen molar-refractivity contribution < 1.29 is 23.8 Å². The summed E-state index contributed by atoms with van der Waals surface area (Å²) in [5.74, 6) is 2.03. The van der Waals surface area contributed by atoms with E-state index in [9.17, 15) is 9.59 Å². The summed E-state index contributed by atoms with van der Waals surface area (Å²) < 4.78 is 16.3. The molecular formula is C32H37Cl2N7O5. The van der Waals surface area contributed by atoms with E-state index in [0.29, 0.717) is 67.1 Å². The molecule has 1 N–H and O–H groups in total. The fraction of sp³-hybridized carbons (Fsp3) is 0.375. The average Bonchev–Trinajstić information content (AvgIpc) is 3.05. The van der Waals surface area contributed by atoms with Crippen molar-refractivity contribution in [2.75, 3.05) is 70.2 Å². The number of hydrogen-bond acceptors (Lipinski definition) is 9. The number of aromatic nitrogens is 2. The second kappa shape index (κ2) is 14.4. The van der Waals surface area contributed by atoms with Crippen LogP contribution in [0.3, 0.4) is 0 Å². The molecular weight excluding hydrogens is 633 g/mol. The number of nitrogens with one attached hydrogen (secondary N) is 1. The molecule has 0 saturated carbocycles. The highest BCUT2D eigenvalue weighted by molar-refractivity contribution is 6.42. The van der Waals surface area contributed by atoms with Gasteiger partial charge in [-0.1, -0.05) is 35.3 Å². The molecule has 0 atom stereocenters. The highest BCUT2D eigenvalue weighted by atomic mass is 35.5. The number of benzene rings is 2. The third kappa shape index (κ3) is 6.93. The Kier molecular flexibility index (Phi) is 10.4. The van der Waals surface area contributed by atoms with Crippen LogP contribution >= 0.6 is 23.2 Å². The van der Waals surface area contributed by atoms with Crippen LogP contribution in [0.15, 0.2) is 48.7 Å². The molecule has 3 aromatic rings. The van der Waals surface area contributed by atoms with Crippen molar-refractivity contribution in [3.63, 3.8) is 0 Å².